The van der Waals surface area contributed by atoms with Crippen molar-refractivity contribution in [2.75, 3.05) is 19.8 Å². The molecule has 0 spiro atoms. The molecule has 2 aromatic rings. The summed E-state index contributed by atoms with van der Waals surface area (Å²) < 4.78 is 10.5. The summed E-state index contributed by atoms with van der Waals surface area (Å²) in [6, 6.07) is 6.58. The lowest BCUT2D eigenvalue weighted by Gasteiger charge is -2.08. The number of unbranched alkanes of at least 4 members (excludes halogenated alkanes) is 1. The van der Waals surface area contributed by atoms with E-state index in [1.807, 2.05) is 6.92 Å². The Bertz CT molecular complexity index is 726. The molecule has 0 saturated heterocycles. The zero-order chi connectivity index (χ0) is 16.7. The summed E-state index contributed by atoms with van der Waals surface area (Å²) in [5.74, 6) is 5.16. The molecule has 2 rings (SSSR count). The van der Waals surface area contributed by atoms with Crippen LogP contribution in [0.5, 0.6) is 5.75 Å². The Morgan fingerprint density at radius 1 is 1.30 bits per heavy atom. The number of rotatable bonds is 8. The summed E-state index contributed by atoms with van der Waals surface area (Å²) in [5.41, 5.74) is 0.864. The molecule has 0 aliphatic rings. The van der Waals surface area contributed by atoms with E-state index in [1.165, 1.54) is 6.07 Å². The molecule has 3 N–H and O–H groups in total. The van der Waals surface area contributed by atoms with Gasteiger partial charge in [0.15, 0.2) is 6.61 Å². The average Bonchev–Trinajstić information content (AvgIpc) is 2.52. The second-order valence-electron chi connectivity index (χ2n) is 5.12. The second kappa shape index (κ2) is 8.30. The van der Waals surface area contributed by atoms with Crippen LogP contribution >= 0.6 is 0 Å². The minimum atomic E-state index is -0.411. The first-order chi connectivity index (χ1) is 11.1. The average molecular weight is 320 g/mol. The molecule has 7 nitrogen and oxygen atoms in total. The fourth-order valence-corrected chi connectivity index (χ4v) is 2.13. The molecule has 0 radical (unpaired) electrons. The Kier molecular flexibility index (Phi) is 6.13. The highest BCUT2D eigenvalue weighted by Crippen LogP contribution is 2.22. The van der Waals surface area contributed by atoms with Gasteiger partial charge >= 0.3 is 5.63 Å². The van der Waals surface area contributed by atoms with Gasteiger partial charge in [-0.1, -0.05) is 0 Å². The van der Waals surface area contributed by atoms with Gasteiger partial charge in [0, 0.05) is 24.1 Å². The third-order valence-electron chi connectivity index (χ3n) is 3.30. The van der Waals surface area contributed by atoms with E-state index in [0.717, 1.165) is 23.8 Å². The SMILES string of the molecule is Cc1cc(=O)oc2cc(OCC(=O)NCCCCON)ccc12. The smallest absolute Gasteiger partial charge is 0.336 e. The minimum absolute atomic E-state index is 0.102. The van der Waals surface area contributed by atoms with Crippen LogP contribution < -0.4 is 21.6 Å². The van der Waals surface area contributed by atoms with Crippen LogP contribution in [0.2, 0.25) is 0 Å². The topological polar surface area (TPSA) is 104 Å². The van der Waals surface area contributed by atoms with Crippen LogP contribution in [0.4, 0.5) is 0 Å². The van der Waals surface area contributed by atoms with Gasteiger partial charge in [0.2, 0.25) is 0 Å². The van der Waals surface area contributed by atoms with E-state index in [0.29, 0.717) is 24.5 Å². The third-order valence-corrected chi connectivity index (χ3v) is 3.30. The second-order valence-corrected chi connectivity index (χ2v) is 5.12. The number of aryl methyl sites for hydroxylation is 1. The van der Waals surface area contributed by atoms with E-state index in [2.05, 4.69) is 10.2 Å². The van der Waals surface area contributed by atoms with Crippen LogP contribution in [-0.4, -0.2) is 25.7 Å². The Morgan fingerprint density at radius 3 is 2.91 bits per heavy atom. The van der Waals surface area contributed by atoms with Gasteiger partial charge in [-0.25, -0.2) is 10.7 Å². The number of nitrogens with two attached hydrogens (primary N) is 1. The first kappa shape index (κ1) is 17.0. The van der Waals surface area contributed by atoms with Crippen LogP contribution in [-0.2, 0) is 9.63 Å². The predicted octanol–water partition coefficient (Wildman–Crippen LogP) is 1.27. The zero-order valence-electron chi connectivity index (χ0n) is 13.0. The lowest BCUT2D eigenvalue weighted by atomic mass is 10.1. The molecule has 23 heavy (non-hydrogen) atoms. The molecule has 1 aromatic heterocycles. The van der Waals surface area contributed by atoms with Gasteiger partial charge in [0.25, 0.3) is 5.91 Å². The van der Waals surface area contributed by atoms with Crippen LogP contribution in [0.3, 0.4) is 0 Å². The molecule has 0 fully saturated rings. The first-order valence-electron chi connectivity index (χ1n) is 7.36. The van der Waals surface area contributed by atoms with Crippen LogP contribution in [0.25, 0.3) is 11.0 Å². The monoisotopic (exact) mass is 320 g/mol. The van der Waals surface area contributed by atoms with Crippen LogP contribution in [0.1, 0.15) is 18.4 Å². The summed E-state index contributed by atoms with van der Waals surface area (Å²) in [7, 11) is 0. The Morgan fingerprint density at radius 2 is 2.13 bits per heavy atom. The number of nitrogens with one attached hydrogen (secondary N) is 1. The molecule has 0 unspecified atom stereocenters. The maximum absolute atomic E-state index is 11.7. The van der Waals surface area contributed by atoms with Crippen molar-refractivity contribution in [2.45, 2.75) is 19.8 Å². The molecule has 0 aliphatic heterocycles. The van der Waals surface area contributed by atoms with E-state index in [9.17, 15) is 9.59 Å². The minimum Gasteiger partial charge on any atom is -0.484 e. The van der Waals surface area contributed by atoms with E-state index in [4.69, 9.17) is 15.1 Å². The molecule has 124 valence electrons. The van der Waals surface area contributed by atoms with Crippen molar-refractivity contribution in [2.24, 2.45) is 5.90 Å². The number of benzene rings is 1. The van der Waals surface area contributed by atoms with E-state index < -0.39 is 5.63 Å². The lowest BCUT2D eigenvalue weighted by molar-refractivity contribution is -0.123. The number of carbonyl (C=O) groups is 1. The van der Waals surface area contributed by atoms with Crippen LogP contribution in [0.15, 0.2) is 33.5 Å². The van der Waals surface area contributed by atoms with Gasteiger partial charge in [-0.05, 0) is 37.5 Å². The van der Waals surface area contributed by atoms with Gasteiger partial charge in [-0.3, -0.25) is 4.79 Å². The summed E-state index contributed by atoms with van der Waals surface area (Å²) in [4.78, 5) is 27.5. The van der Waals surface area contributed by atoms with Gasteiger partial charge in [-0.15, -0.1) is 0 Å². The molecule has 1 aromatic carbocycles. The Hall–Kier alpha value is -2.38. The third kappa shape index (κ3) is 5.08. The lowest BCUT2D eigenvalue weighted by Crippen LogP contribution is -2.29. The fraction of sp³-hybridized carbons (Fsp3) is 0.375. The molecule has 1 heterocycles. The molecule has 1 amide bonds. The molecule has 0 saturated carbocycles. The maximum Gasteiger partial charge on any atom is 0.336 e. The van der Waals surface area contributed by atoms with E-state index in [1.54, 1.807) is 18.2 Å². The van der Waals surface area contributed by atoms with Gasteiger partial charge in [-0.2, -0.15) is 0 Å². The Balaban J connectivity index is 1.87. The highest BCUT2D eigenvalue weighted by molar-refractivity contribution is 5.81. The standard InChI is InChI=1S/C16H20N2O5/c1-11-8-16(20)23-14-9-12(4-5-13(11)14)21-10-15(19)18-6-2-3-7-22-17/h4-5,8-9H,2-3,6-7,10,17H2,1H3,(H,18,19). The van der Waals surface area contributed by atoms with Crippen molar-refractivity contribution in [3.8, 4) is 5.75 Å². The first-order valence-corrected chi connectivity index (χ1v) is 7.36. The quantitative estimate of drug-likeness (QED) is 0.431. The normalized spacial score (nSPS) is 10.7. The van der Waals surface area contributed by atoms with Crippen molar-refractivity contribution in [3.05, 3.63) is 40.2 Å². The fourth-order valence-electron chi connectivity index (χ4n) is 2.13. The van der Waals surface area contributed by atoms with Crippen molar-refractivity contribution in [1.29, 1.82) is 0 Å². The largest absolute Gasteiger partial charge is 0.484 e. The number of ether oxygens (including phenoxy) is 1. The van der Waals surface area contributed by atoms with Crippen molar-refractivity contribution in [1.82, 2.24) is 5.32 Å². The highest BCUT2D eigenvalue weighted by Gasteiger charge is 2.06. The van der Waals surface area contributed by atoms with Gasteiger partial charge < -0.3 is 19.3 Å². The summed E-state index contributed by atoms with van der Waals surface area (Å²) >= 11 is 0. The molecule has 7 heteroatoms. The van der Waals surface area contributed by atoms with Gasteiger partial charge in [0.05, 0.1) is 6.61 Å². The number of fused-ring (bicyclic) bond motifs is 1. The number of hydrogen-bond donors (Lipinski definition) is 2. The number of amides is 1. The molecule has 0 bridgehead atoms. The Labute approximate surface area is 133 Å². The van der Waals surface area contributed by atoms with Crippen molar-refractivity contribution in [3.63, 3.8) is 0 Å². The predicted molar refractivity (Wildman–Crippen MR) is 85.1 cm³/mol. The summed E-state index contributed by atoms with van der Waals surface area (Å²) in [5, 5.41) is 3.57. The van der Waals surface area contributed by atoms with E-state index >= 15 is 0 Å². The molecule has 0 atom stereocenters. The molecular formula is C16H20N2O5. The summed E-state index contributed by atoms with van der Waals surface area (Å²) in [6.45, 7) is 2.74. The van der Waals surface area contributed by atoms with Gasteiger partial charge in [0.1, 0.15) is 11.3 Å². The zero-order valence-corrected chi connectivity index (χ0v) is 13.0. The molecular weight excluding hydrogens is 300 g/mol. The number of carbonyl (C=O) groups excluding carboxylic acids is 1. The van der Waals surface area contributed by atoms with Crippen molar-refractivity contribution < 1.29 is 18.8 Å². The maximum atomic E-state index is 11.7. The highest BCUT2D eigenvalue weighted by atomic mass is 16.6. The van der Waals surface area contributed by atoms with E-state index in [-0.39, 0.29) is 12.5 Å². The molecule has 0 aliphatic carbocycles. The van der Waals surface area contributed by atoms with Crippen molar-refractivity contribution >= 4 is 16.9 Å². The van der Waals surface area contributed by atoms with Crippen LogP contribution in [0, 0.1) is 6.92 Å². The summed E-state index contributed by atoms with van der Waals surface area (Å²) in [6.07, 6.45) is 1.56. The number of hydrogen-bond acceptors (Lipinski definition) is 6.